The number of aliphatic hydroxyl groups excluding tert-OH is 1. The molecule has 0 saturated carbocycles. The fourth-order valence-electron chi connectivity index (χ4n) is 1.42. The predicted molar refractivity (Wildman–Crippen MR) is 66.2 cm³/mol. The first-order valence-corrected chi connectivity index (χ1v) is 5.56. The lowest BCUT2D eigenvalue weighted by atomic mass is 10.00. The molecule has 3 nitrogen and oxygen atoms in total. The highest BCUT2D eigenvalue weighted by Gasteiger charge is 2.23. The van der Waals surface area contributed by atoms with Gasteiger partial charge in [0.1, 0.15) is 6.61 Å². The van der Waals surface area contributed by atoms with Crippen molar-refractivity contribution in [2.24, 2.45) is 5.92 Å². The molecular formula is C14H18O3. The van der Waals surface area contributed by atoms with Gasteiger partial charge >= 0.3 is 5.97 Å². The van der Waals surface area contributed by atoms with E-state index in [1.54, 1.807) is 13.8 Å². The first-order chi connectivity index (χ1) is 8.02. The second kappa shape index (κ2) is 6.21. The van der Waals surface area contributed by atoms with Crippen molar-refractivity contribution in [3.05, 3.63) is 48.0 Å². The Morgan fingerprint density at radius 1 is 1.41 bits per heavy atom. The van der Waals surface area contributed by atoms with E-state index in [2.05, 4.69) is 6.58 Å². The zero-order chi connectivity index (χ0) is 12.8. The van der Waals surface area contributed by atoms with Gasteiger partial charge in [-0.2, -0.15) is 0 Å². The monoisotopic (exact) mass is 234 g/mol. The van der Waals surface area contributed by atoms with E-state index in [4.69, 9.17) is 4.74 Å². The third-order valence-electron chi connectivity index (χ3n) is 2.57. The van der Waals surface area contributed by atoms with Crippen molar-refractivity contribution in [3.63, 3.8) is 0 Å². The van der Waals surface area contributed by atoms with E-state index in [1.165, 1.54) is 0 Å². The Morgan fingerprint density at radius 2 is 2.00 bits per heavy atom. The van der Waals surface area contributed by atoms with Gasteiger partial charge in [0.15, 0.2) is 0 Å². The Labute approximate surface area is 102 Å². The maximum absolute atomic E-state index is 11.6. The molecule has 0 aliphatic heterocycles. The van der Waals surface area contributed by atoms with Crippen LogP contribution in [0, 0.1) is 5.92 Å². The average molecular weight is 234 g/mol. The summed E-state index contributed by atoms with van der Waals surface area (Å²) in [5.41, 5.74) is 1.49. The summed E-state index contributed by atoms with van der Waals surface area (Å²) in [7, 11) is 0. The largest absolute Gasteiger partial charge is 0.461 e. The number of esters is 1. The Balaban J connectivity index is 2.47. The summed E-state index contributed by atoms with van der Waals surface area (Å²) in [4.78, 5) is 11.6. The van der Waals surface area contributed by atoms with Gasteiger partial charge in [-0.25, -0.2) is 0 Å². The Kier molecular flexibility index (Phi) is 4.91. The summed E-state index contributed by atoms with van der Waals surface area (Å²) >= 11 is 0. The Hall–Kier alpha value is -1.61. The van der Waals surface area contributed by atoms with Crippen molar-refractivity contribution in [1.29, 1.82) is 0 Å². The Bertz CT molecular complexity index is 384. The molecule has 0 fully saturated rings. The normalized spacial score (nSPS) is 13.8. The number of carbonyl (C=O) groups is 1. The van der Waals surface area contributed by atoms with Crippen molar-refractivity contribution in [2.45, 2.75) is 26.6 Å². The van der Waals surface area contributed by atoms with Crippen LogP contribution in [-0.2, 0) is 16.1 Å². The molecule has 92 valence electrons. The summed E-state index contributed by atoms with van der Waals surface area (Å²) in [5.74, 6) is -0.999. The fraction of sp³-hybridized carbons (Fsp3) is 0.357. The van der Waals surface area contributed by atoms with Gasteiger partial charge in [-0.3, -0.25) is 4.79 Å². The quantitative estimate of drug-likeness (QED) is 0.628. The molecule has 1 N–H and O–H groups in total. The van der Waals surface area contributed by atoms with E-state index >= 15 is 0 Å². The molecule has 0 bridgehead atoms. The molecule has 17 heavy (non-hydrogen) atoms. The van der Waals surface area contributed by atoms with Gasteiger partial charge in [-0.15, -0.1) is 0 Å². The summed E-state index contributed by atoms with van der Waals surface area (Å²) in [6.45, 7) is 7.17. The van der Waals surface area contributed by atoms with Gasteiger partial charge in [-0.1, -0.05) is 42.5 Å². The summed E-state index contributed by atoms with van der Waals surface area (Å²) in [5, 5.41) is 9.66. The number of ether oxygens (including phenoxy) is 1. The summed E-state index contributed by atoms with van der Waals surface area (Å²) < 4.78 is 5.12. The maximum Gasteiger partial charge on any atom is 0.311 e. The van der Waals surface area contributed by atoms with Gasteiger partial charge in [0, 0.05) is 0 Å². The van der Waals surface area contributed by atoms with Crippen LogP contribution in [0.15, 0.2) is 42.5 Å². The molecule has 0 unspecified atom stereocenters. The van der Waals surface area contributed by atoms with Gasteiger partial charge in [0.2, 0.25) is 0 Å². The van der Waals surface area contributed by atoms with Crippen LogP contribution in [-0.4, -0.2) is 17.2 Å². The van der Waals surface area contributed by atoms with E-state index < -0.39 is 18.0 Å². The lowest BCUT2D eigenvalue weighted by molar-refractivity contribution is -0.152. The minimum absolute atomic E-state index is 0.229. The fourth-order valence-corrected chi connectivity index (χ4v) is 1.42. The molecule has 2 atom stereocenters. The van der Waals surface area contributed by atoms with E-state index in [-0.39, 0.29) is 6.61 Å². The van der Waals surface area contributed by atoms with Crippen LogP contribution in [0.25, 0.3) is 0 Å². The minimum Gasteiger partial charge on any atom is -0.461 e. The van der Waals surface area contributed by atoms with Gasteiger partial charge < -0.3 is 9.84 Å². The second-order valence-corrected chi connectivity index (χ2v) is 4.17. The first kappa shape index (κ1) is 13.5. The number of rotatable bonds is 5. The smallest absolute Gasteiger partial charge is 0.311 e. The molecule has 0 saturated heterocycles. The second-order valence-electron chi connectivity index (χ2n) is 4.17. The molecule has 0 aliphatic carbocycles. The van der Waals surface area contributed by atoms with Crippen molar-refractivity contribution in [3.8, 4) is 0 Å². The Morgan fingerprint density at radius 3 is 2.53 bits per heavy atom. The molecule has 0 radical (unpaired) electrons. The molecule has 0 amide bonds. The van der Waals surface area contributed by atoms with E-state index in [1.807, 2.05) is 30.3 Å². The van der Waals surface area contributed by atoms with E-state index in [9.17, 15) is 9.90 Å². The van der Waals surface area contributed by atoms with Crippen molar-refractivity contribution < 1.29 is 14.6 Å². The molecule has 0 aromatic heterocycles. The van der Waals surface area contributed by atoms with E-state index in [0.29, 0.717) is 5.57 Å². The minimum atomic E-state index is -0.849. The van der Waals surface area contributed by atoms with Gasteiger partial charge in [-0.05, 0) is 19.4 Å². The highest BCUT2D eigenvalue weighted by molar-refractivity contribution is 5.73. The predicted octanol–water partition coefficient (Wildman–Crippen LogP) is 2.30. The lowest BCUT2D eigenvalue weighted by Crippen LogP contribution is -2.27. The molecule has 0 spiro atoms. The molecule has 1 aromatic carbocycles. The first-order valence-electron chi connectivity index (χ1n) is 5.56. The van der Waals surface area contributed by atoms with Crippen LogP contribution in [0.3, 0.4) is 0 Å². The molecule has 0 aliphatic rings. The number of hydrogen-bond donors (Lipinski definition) is 1. The van der Waals surface area contributed by atoms with Crippen molar-refractivity contribution in [2.75, 3.05) is 0 Å². The molecular weight excluding hydrogens is 216 g/mol. The highest BCUT2D eigenvalue weighted by atomic mass is 16.5. The van der Waals surface area contributed by atoms with Crippen LogP contribution in [0.1, 0.15) is 19.4 Å². The zero-order valence-corrected chi connectivity index (χ0v) is 10.2. The third-order valence-corrected chi connectivity index (χ3v) is 2.57. The van der Waals surface area contributed by atoms with E-state index in [0.717, 1.165) is 5.56 Å². The van der Waals surface area contributed by atoms with Gasteiger partial charge in [0.25, 0.3) is 0 Å². The topological polar surface area (TPSA) is 46.5 Å². The number of carbonyl (C=O) groups excluding carboxylic acids is 1. The van der Waals surface area contributed by atoms with Crippen LogP contribution < -0.4 is 0 Å². The lowest BCUT2D eigenvalue weighted by Gasteiger charge is -2.17. The van der Waals surface area contributed by atoms with Crippen LogP contribution in [0.2, 0.25) is 0 Å². The molecule has 0 heterocycles. The summed E-state index contributed by atoms with van der Waals surface area (Å²) in [6.07, 6.45) is -0.849. The van der Waals surface area contributed by atoms with Crippen molar-refractivity contribution in [1.82, 2.24) is 0 Å². The molecule has 1 aromatic rings. The third kappa shape index (κ3) is 4.04. The standard InChI is InChI=1S/C14H18O3/c1-10(2)13(15)11(3)14(16)17-9-12-7-5-4-6-8-12/h4-8,11,13,15H,1,9H2,2-3H3/t11-,13+/m1/s1. The number of aliphatic hydroxyl groups is 1. The number of hydrogen-bond acceptors (Lipinski definition) is 3. The van der Waals surface area contributed by atoms with Crippen molar-refractivity contribution >= 4 is 5.97 Å². The van der Waals surface area contributed by atoms with Gasteiger partial charge in [0.05, 0.1) is 12.0 Å². The van der Waals surface area contributed by atoms with Crippen LogP contribution >= 0.6 is 0 Å². The maximum atomic E-state index is 11.6. The molecule has 3 heteroatoms. The number of benzene rings is 1. The average Bonchev–Trinajstić information content (AvgIpc) is 2.35. The highest BCUT2D eigenvalue weighted by Crippen LogP contribution is 2.13. The van der Waals surface area contributed by atoms with Crippen LogP contribution in [0.5, 0.6) is 0 Å². The van der Waals surface area contributed by atoms with Crippen LogP contribution in [0.4, 0.5) is 0 Å². The SMILES string of the molecule is C=C(C)[C@H](O)[C@@H](C)C(=O)OCc1ccccc1. The molecule has 1 rings (SSSR count). The zero-order valence-electron chi connectivity index (χ0n) is 10.2. The summed E-state index contributed by atoms with van der Waals surface area (Å²) in [6, 6.07) is 9.43.